The minimum Gasteiger partial charge on any atom is -0.325 e. The number of fused-ring (bicyclic) bond motifs is 1. The summed E-state index contributed by atoms with van der Waals surface area (Å²) < 4.78 is 2.10. The molecular weight excluding hydrogens is 246 g/mol. The summed E-state index contributed by atoms with van der Waals surface area (Å²) in [5.41, 5.74) is 13.8. The van der Waals surface area contributed by atoms with Gasteiger partial charge in [0.1, 0.15) is 5.65 Å². The smallest absolute Gasteiger partial charge is 0.137 e. The predicted octanol–water partition coefficient (Wildman–Crippen LogP) is 3.39. The number of hydrogen-bond acceptors (Lipinski definition) is 2. The van der Waals surface area contributed by atoms with Crippen LogP contribution < -0.4 is 5.73 Å². The topological polar surface area (TPSA) is 43.3 Å². The van der Waals surface area contributed by atoms with E-state index in [4.69, 9.17) is 10.7 Å². The van der Waals surface area contributed by atoms with Crippen molar-refractivity contribution in [3.63, 3.8) is 0 Å². The van der Waals surface area contributed by atoms with Gasteiger partial charge in [0.25, 0.3) is 0 Å². The van der Waals surface area contributed by atoms with Gasteiger partial charge < -0.3 is 10.1 Å². The van der Waals surface area contributed by atoms with Crippen molar-refractivity contribution in [3.8, 4) is 11.3 Å². The summed E-state index contributed by atoms with van der Waals surface area (Å²) in [6, 6.07) is 10.6. The number of rotatable bonds is 2. The molecule has 3 heteroatoms. The van der Waals surface area contributed by atoms with Crippen LogP contribution >= 0.6 is 0 Å². The van der Waals surface area contributed by atoms with E-state index in [1.807, 2.05) is 6.07 Å². The molecule has 2 N–H and O–H groups in total. The van der Waals surface area contributed by atoms with E-state index in [2.05, 4.69) is 55.6 Å². The Morgan fingerprint density at radius 3 is 2.50 bits per heavy atom. The normalized spacial score (nSPS) is 11.2. The maximum absolute atomic E-state index is 5.97. The molecule has 0 aliphatic heterocycles. The lowest BCUT2D eigenvalue weighted by molar-refractivity contribution is 0.956. The van der Waals surface area contributed by atoms with Crippen LogP contribution in [0.25, 0.3) is 16.9 Å². The molecule has 2 aromatic heterocycles. The highest BCUT2D eigenvalue weighted by atomic mass is 15.0. The highest BCUT2D eigenvalue weighted by molar-refractivity contribution is 5.70. The van der Waals surface area contributed by atoms with Gasteiger partial charge in [-0.15, -0.1) is 0 Å². The summed E-state index contributed by atoms with van der Waals surface area (Å²) in [4.78, 5) is 4.77. The van der Waals surface area contributed by atoms with E-state index in [0.29, 0.717) is 6.54 Å². The number of benzene rings is 1. The maximum atomic E-state index is 5.97. The highest BCUT2D eigenvalue weighted by Crippen LogP contribution is 2.28. The Balaban J connectivity index is 2.30. The molecule has 0 atom stereocenters. The Kier molecular flexibility index (Phi) is 3.07. The second-order valence-corrected chi connectivity index (χ2v) is 5.36. The molecule has 0 fully saturated rings. The molecule has 2 heterocycles. The van der Waals surface area contributed by atoms with E-state index >= 15 is 0 Å². The third-order valence-electron chi connectivity index (χ3n) is 3.70. The molecule has 0 spiro atoms. The largest absolute Gasteiger partial charge is 0.325 e. The summed E-state index contributed by atoms with van der Waals surface area (Å²) in [6.45, 7) is 6.79. The monoisotopic (exact) mass is 265 g/mol. The van der Waals surface area contributed by atoms with Gasteiger partial charge in [-0.05, 0) is 38.0 Å². The van der Waals surface area contributed by atoms with Crippen LogP contribution in [0.3, 0.4) is 0 Å². The van der Waals surface area contributed by atoms with Gasteiger partial charge in [0.2, 0.25) is 0 Å². The molecule has 0 saturated heterocycles. The fourth-order valence-corrected chi connectivity index (χ4v) is 2.69. The van der Waals surface area contributed by atoms with E-state index in [-0.39, 0.29) is 0 Å². The predicted molar refractivity (Wildman–Crippen MR) is 82.7 cm³/mol. The molecule has 3 aromatic rings. The Morgan fingerprint density at radius 1 is 1.05 bits per heavy atom. The van der Waals surface area contributed by atoms with Crippen molar-refractivity contribution in [3.05, 3.63) is 58.9 Å². The van der Waals surface area contributed by atoms with E-state index in [9.17, 15) is 0 Å². The van der Waals surface area contributed by atoms with Crippen LogP contribution in [0.15, 0.2) is 36.5 Å². The molecule has 0 aliphatic rings. The van der Waals surface area contributed by atoms with Crippen molar-refractivity contribution in [2.24, 2.45) is 5.73 Å². The van der Waals surface area contributed by atoms with Gasteiger partial charge in [-0.2, -0.15) is 0 Å². The van der Waals surface area contributed by atoms with Crippen LogP contribution in [0.2, 0.25) is 0 Å². The van der Waals surface area contributed by atoms with E-state index in [0.717, 1.165) is 22.6 Å². The average Bonchev–Trinajstić information content (AvgIpc) is 2.76. The van der Waals surface area contributed by atoms with E-state index in [1.54, 1.807) is 0 Å². The second-order valence-electron chi connectivity index (χ2n) is 5.36. The van der Waals surface area contributed by atoms with Crippen molar-refractivity contribution < 1.29 is 0 Å². The molecule has 0 radical (unpaired) electrons. The Labute approximate surface area is 119 Å². The number of nitrogens with zero attached hydrogens (tertiary/aromatic N) is 2. The molecule has 3 rings (SSSR count). The van der Waals surface area contributed by atoms with Crippen LogP contribution in [0, 0.1) is 20.8 Å². The molecular formula is C17H19N3. The van der Waals surface area contributed by atoms with Crippen molar-refractivity contribution in [2.45, 2.75) is 27.3 Å². The molecule has 1 aromatic carbocycles. The number of nitrogens with two attached hydrogens (primary N) is 1. The zero-order chi connectivity index (χ0) is 14.3. The summed E-state index contributed by atoms with van der Waals surface area (Å²) in [5.74, 6) is 0. The number of pyridine rings is 1. The summed E-state index contributed by atoms with van der Waals surface area (Å²) in [5, 5.41) is 0. The quantitative estimate of drug-likeness (QED) is 0.772. The van der Waals surface area contributed by atoms with Gasteiger partial charge in [-0.1, -0.05) is 29.8 Å². The van der Waals surface area contributed by atoms with Gasteiger partial charge in [0, 0.05) is 18.3 Å². The zero-order valence-corrected chi connectivity index (χ0v) is 12.1. The lowest BCUT2D eigenvalue weighted by Gasteiger charge is -2.07. The number of hydrogen-bond donors (Lipinski definition) is 1. The Hall–Kier alpha value is -2.13. The first-order chi connectivity index (χ1) is 9.60. The van der Waals surface area contributed by atoms with Gasteiger partial charge in [0.15, 0.2) is 0 Å². The van der Waals surface area contributed by atoms with Gasteiger partial charge >= 0.3 is 0 Å². The first-order valence-electron chi connectivity index (χ1n) is 6.85. The fraction of sp³-hybridized carbons (Fsp3) is 0.235. The number of aryl methyl sites for hydroxylation is 3. The van der Waals surface area contributed by atoms with Crippen molar-refractivity contribution in [1.29, 1.82) is 0 Å². The standard InChI is InChI=1S/C17H19N3/c1-11-4-6-14(13(3)8-11)17-15(9-18)20-10-12(2)5-7-16(20)19-17/h4-8,10H,9,18H2,1-3H3. The fourth-order valence-electron chi connectivity index (χ4n) is 2.69. The maximum Gasteiger partial charge on any atom is 0.137 e. The lowest BCUT2D eigenvalue weighted by Crippen LogP contribution is -2.03. The van der Waals surface area contributed by atoms with Crippen LogP contribution in [0.4, 0.5) is 0 Å². The SMILES string of the molecule is Cc1ccc(-c2nc3ccc(C)cn3c2CN)c(C)c1. The minimum atomic E-state index is 0.479. The summed E-state index contributed by atoms with van der Waals surface area (Å²) in [6.07, 6.45) is 2.09. The van der Waals surface area contributed by atoms with Crippen molar-refractivity contribution in [2.75, 3.05) is 0 Å². The van der Waals surface area contributed by atoms with Crippen molar-refractivity contribution >= 4 is 5.65 Å². The van der Waals surface area contributed by atoms with Gasteiger partial charge in [0.05, 0.1) is 11.4 Å². The van der Waals surface area contributed by atoms with Gasteiger partial charge in [-0.25, -0.2) is 4.98 Å². The van der Waals surface area contributed by atoms with Crippen LogP contribution in [-0.4, -0.2) is 9.38 Å². The van der Waals surface area contributed by atoms with Gasteiger partial charge in [-0.3, -0.25) is 0 Å². The molecule has 0 amide bonds. The Bertz CT molecular complexity index is 784. The summed E-state index contributed by atoms with van der Waals surface area (Å²) >= 11 is 0. The molecule has 0 aliphatic carbocycles. The number of imidazole rings is 1. The first kappa shape index (κ1) is 12.9. The molecule has 0 saturated carbocycles. The first-order valence-corrected chi connectivity index (χ1v) is 6.85. The average molecular weight is 265 g/mol. The lowest BCUT2D eigenvalue weighted by atomic mass is 10.0. The third-order valence-corrected chi connectivity index (χ3v) is 3.70. The highest BCUT2D eigenvalue weighted by Gasteiger charge is 2.14. The summed E-state index contributed by atoms with van der Waals surface area (Å²) in [7, 11) is 0. The van der Waals surface area contributed by atoms with Crippen LogP contribution in [-0.2, 0) is 6.54 Å². The van der Waals surface area contributed by atoms with Crippen LogP contribution in [0.1, 0.15) is 22.4 Å². The van der Waals surface area contributed by atoms with E-state index in [1.165, 1.54) is 16.7 Å². The van der Waals surface area contributed by atoms with Crippen LogP contribution in [0.5, 0.6) is 0 Å². The minimum absolute atomic E-state index is 0.479. The second kappa shape index (κ2) is 4.76. The molecule has 102 valence electrons. The van der Waals surface area contributed by atoms with Crippen molar-refractivity contribution in [1.82, 2.24) is 9.38 Å². The molecule has 20 heavy (non-hydrogen) atoms. The third kappa shape index (κ3) is 2.00. The molecule has 0 unspecified atom stereocenters. The molecule has 0 bridgehead atoms. The number of aromatic nitrogens is 2. The zero-order valence-electron chi connectivity index (χ0n) is 12.1. The van der Waals surface area contributed by atoms with E-state index < -0.39 is 0 Å². The Morgan fingerprint density at radius 2 is 1.80 bits per heavy atom. The molecule has 3 nitrogen and oxygen atoms in total.